The molecule has 0 atom stereocenters. The Morgan fingerprint density at radius 3 is 2.50 bits per heavy atom. The molecule has 34 heavy (non-hydrogen) atoms. The molecular weight excluding hydrogens is 452 g/mol. The summed E-state index contributed by atoms with van der Waals surface area (Å²) in [4.78, 5) is 16.4. The van der Waals surface area contributed by atoms with Crippen LogP contribution in [0.1, 0.15) is 23.7 Å². The van der Waals surface area contributed by atoms with Crippen LogP contribution in [-0.4, -0.2) is 27.3 Å². The van der Waals surface area contributed by atoms with Gasteiger partial charge in [-0.25, -0.2) is 9.07 Å². The van der Waals surface area contributed by atoms with Crippen LogP contribution >= 0.6 is 0 Å². The summed E-state index contributed by atoms with van der Waals surface area (Å²) in [7, 11) is 0. The number of halogens is 4. The fraction of sp³-hybridized carbons (Fsp3) is 0.208. The number of aryl methyl sites for hydroxylation is 2. The highest BCUT2D eigenvalue weighted by atomic mass is 19.4. The summed E-state index contributed by atoms with van der Waals surface area (Å²) in [6.45, 7) is 2.85. The van der Waals surface area contributed by atoms with Gasteiger partial charge in [-0.1, -0.05) is 25.1 Å². The van der Waals surface area contributed by atoms with Gasteiger partial charge < -0.3 is 10.1 Å². The lowest BCUT2D eigenvalue weighted by Crippen LogP contribution is -2.21. The molecule has 0 radical (unpaired) electrons. The normalized spacial score (nSPS) is 11.6. The number of amides is 1. The van der Waals surface area contributed by atoms with Gasteiger partial charge in [0.05, 0.1) is 22.3 Å². The molecule has 0 aliphatic heterocycles. The Bertz CT molecular complexity index is 1350. The van der Waals surface area contributed by atoms with E-state index in [0.29, 0.717) is 5.69 Å². The highest BCUT2D eigenvalue weighted by Crippen LogP contribution is 2.38. The third-order valence-corrected chi connectivity index (χ3v) is 5.14. The number of nitrogens with one attached hydrogen (secondary N) is 1. The summed E-state index contributed by atoms with van der Waals surface area (Å²) in [5.41, 5.74) is 0.942. The van der Waals surface area contributed by atoms with Crippen molar-refractivity contribution < 1.29 is 27.1 Å². The first kappa shape index (κ1) is 23.2. The molecule has 1 amide bonds. The van der Waals surface area contributed by atoms with Gasteiger partial charge in [-0.15, -0.1) is 0 Å². The Morgan fingerprint density at radius 1 is 1.12 bits per heavy atom. The number of carbonyl (C=O) groups excluding carboxylic acids is 1. The predicted octanol–water partition coefficient (Wildman–Crippen LogP) is 5.47. The van der Waals surface area contributed by atoms with E-state index < -0.39 is 30.1 Å². The topological polar surface area (TPSA) is 69.0 Å². The molecule has 2 aromatic carbocycles. The molecule has 0 bridgehead atoms. The number of benzene rings is 2. The second-order valence-corrected chi connectivity index (χ2v) is 7.57. The van der Waals surface area contributed by atoms with Gasteiger partial charge in [-0.3, -0.25) is 4.79 Å². The summed E-state index contributed by atoms with van der Waals surface area (Å²) in [5.74, 6) is -1.61. The minimum absolute atomic E-state index is 0.0443. The van der Waals surface area contributed by atoms with Crippen molar-refractivity contribution >= 4 is 22.6 Å². The maximum Gasteiger partial charge on any atom is 0.417 e. The Hall–Kier alpha value is -3.95. The minimum Gasteiger partial charge on any atom is -0.467 e. The third kappa shape index (κ3) is 4.85. The monoisotopic (exact) mass is 472 g/mol. The van der Waals surface area contributed by atoms with Crippen LogP contribution in [0.15, 0.2) is 54.6 Å². The quantitative estimate of drug-likeness (QED) is 0.378. The van der Waals surface area contributed by atoms with E-state index in [4.69, 9.17) is 4.74 Å². The average molecular weight is 472 g/mol. The maximum atomic E-state index is 13.9. The van der Waals surface area contributed by atoms with E-state index in [-0.39, 0.29) is 28.3 Å². The molecule has 0 spiro atoms. The van der Waals surface area contributed by atoms with Crippen molar-refractivity contribution in [1.29, 1.82) is 0 Å². The second-order valence-electron chi connectivity index (χ2n) is 7.57. The average Bonchev–Trinajstić information content (AvgIpc) is 3.13. The number of hydrogen-bond acceptors (Lipinski definition) is 4. The Morgan fingerprint density at radius 2 is 1.85 bits per heavy atom. The first-order chi connectivity index (χ1) is 16.2. The van der Waals surface area contributed by atoms with E-state index in [1.54, 1.807) is 12.1 Å². The number of rotatable bonds is 6. The van der Waals surface area contributed by atoms with Crippen molar-refractivity contribution in [3.63, 3.8) is 0 Å². The van der Waals surface area contributed by atoms with Gasteiger partial charge >= 0.3 is 6.18 Å². The molecular formula is C24H20F4N4O2. The zero-order valence-corrected chi connectivity index (χ0v) is 18.3. The van der Waals surface area contributed by atoms with Gasteiger partial charge in [0.25, 0.3) is 5.91 Å². The van der Waals surface area contributed by atoms with Crippen molar-refractivity contribution in [3.05, 3.63) is 77.2 Å². The van der Waals surface area contributed by atoms with Crippen LogP contribution in [0.25, 0.3) is 16.7 Å². The number of alkyl halides is 3. The predicted molar refractivity (Wildman–Crippen MR) is 119 cm³/mol. The number of ether oxygens (including phenoxy) is 1. The number of hydrogen-bond donors (Lipinski definition) is 1. The Labute approximate surface area is 192 Å². The lowest BCUT2D eigenvalue weighted by atomic mass is 10.1. The molecule has 0 unspecified atom stereocenters. The number of aromatic nitrogens is 3. The molecule has 0 aliphatic carbocycles. The number of anilines is 1. The van der Waals surface area contributed by atoms with Crippen LogP contribution < -0.4 is 10.1 Å². The fourth-order valence-electron chi connectivity index (χ4n) is 3.52. The van der Waals surface area contributed by atoms with E-state index in [1.165, 1.54) is 29.8 Å². The first-order valence-corrected chi connectivity index (χ1v) is 10.4. The van der Waals surface area contributed by atoms with Crippen LogP contribution in [-0.2, 0) is 17.4 Å². The molecule has 176 valence electrons. The molecule has 0 fully saturated rings. The second kappa shape index (κ2) is 9.12. The highest BCUT2D eigenvalue weighted by Gasteiger charge is 2.36. The van der Waals surface area contributed by atoms with Gasteiger partial charge in [0.15, 0.2) is 12.3 Å². The molecule has 2 heterocycles. The van der Waals surface area contributed by atoms with Crippen LogP contribution in [0.5, 0.6) is 5.88 Å². The number of nitrogens with zero attached hydrogens (tertiary/aromatic N) is 3. The lowest BCUT2D eigenvalue weighted by molar-refractivity contribution is -0.136. The Kier molecular flexibility index (Phi) is 6.23. The molecule has 4 rings (SSSR count). The lowest BCUT2D eigenvalue weighted by Gasteiger charge is -2.12. The summed E-state index contributed by atoms with van der Waals surface area (Å²) in [5, 5.41) is 6.54. The number of pyridine rings is 1. The molecule has 2 aromatic heterocycles. The van der Waals surface area contributed by atoms with E-state index in [2.05, 4.69) is 15.4 Å². The summed E-state index contributed by atoms with van der Waals surface area (Å²) >= 11 is 0. The Balaban J connectivity index is 1.68. The molecule has 4 aromatic rings. The van der Waals surface area contributed by atoms with Crippen molar-refractivity contribution in [2.24, 2.45) is 0 Å². The van der Waals surface area contributed by atoms with Gasteiger partial charge in [-0.05, 0) is 49.2 Å². The highest BCUT2D eigenvalue weighted by molar-refractivity contribution is 5.92. The van der Waals surface area contributed by atoms with Gasteiger partial charge in [0, 0.05) is 11.8 Å². The zero-order chi connectivity index (χ0) is 24.5. The molecule has 6 nitrogen and oxygen atoms in total. The maximum absolute atomic E-state index is 13.9. The summed E-state index contributed by atoms with van der Waals surface area (Å²) < 4.78 is 61.5. The van der Waals surface area contributed by atoms with Crippen molar-refractivity contribution in [1.82, 2.24) is 14.8 Å². The van der Waals surface area contributed by atoms with Crippen molar-refractivity contribution in [2.45, 2.75) is 26.4 Å². The molecule has 0 saturated carbocycles. The number of fused-ring (bicyclic) bond motifs is 1. The van der Waals surface area contributed by atoms with Crippen LogP contribution in [0.2, 0.25) is 0 Å². The zero-order valence-electron chi connectivity index (χ0n) is 18.3. The molecule has 0 saturated heterocycles. The van der Waals surface area contributed by atoms with Gasteiger partial charge in [-0.2, -0.15) is 23.3 Å². The SMILES string of the molecule is CCc1ccc(-n2nc(C)c3c(C(F)(F)F)cc(OCC(=O)Nc4cccc(F)c4)nc32)cc1. The smallest absolute Gasteiger partial charge is 0.417 e. The molecule has 10 heteroatoms. The standard InChI is InChI=1S/C24H20F4N4O2/c1-3-15-7-9-18(10-8-15)32-23-22(14(2)31-32)19(24(26,27)28)12-21(30-23)34-13-20(33)29-17-6-4-5-16(25)11-17/h4-12H,3,13H2,1-2H3,(H,29,33). The largest absolute Gasteiger partial charge is 0.467 e. The van der Waals surface area contributed by atoms with E-state index in [1.807, 2.05) is 19.1 Å². The van der Waals surface area contributed by atoms with Crippen LogP contribution in [0.4, 0.5) is 23.2 Å². The van der Waals surface area contributed by atoms with E-state index in [0.717, 1.165) is 24.1 Å². The van der Waals surface area contributed by atoms with Gasteiger partial charge in [0.2, 0.25) is 5.88 Å². The summed E-state index contributed by atoms with van der Waals surface area (Å²) in [6, 6.07) is 13.2. The fourth-order valence-corrected chi connectivity index (χ4v) is 3.52. The van der Waals surface area contributed by atoms with E-state index >= 15 is 0 Å². The van der Waals surface area contributed by atoms with E-state index in [9.17, 15) is 22.4 Å². The molecule has 1 N–H and O–H groups in total. The van der Waals surface area contributed by atoms with Crippen LogP contribution in [0.3, 0.4) is 0 Å². The van der Waals surface area contributed by atoms with Crippen LogP contribution in [0, 0.1) is 12.7 Å². The molecule has 0 aliphatic rings. The van der Waals surface area contributed by atoms with Gasteiger partial charge in [0.1, 0.15) is 5.82 Å². The van der Waals surface area contributed by atoms with Crippen molar-refractivity contribution in [2.75, 3.05) is 11.9 Å². The minimum atomic E-state index is -4.70. The summed E-state index contributed by atoms with van der Waals surface area (Å²) in [6.07, 6.45) is -3.89. The van der Waals surface area contributed by atoms with Crippen molar-refractivity contribution in [3.8, 4) is 11.6 Å². The third-order valence-electron chi connectivity index (χ3n) is 5.14. The number of carbonyl (C=O) groups is 1. The first-order valence-electron chi connectivity index (χ1n) is 10.4.